The van der Waals surface area contributed by atoms with E-state index in [4.69, 9.17) is 0 Å². The maximum atomic E-state index is 3.47. The Hall–Kier alpha value is 0. The molecule has 2 saturated carbocycles. The van der Waals surface area contributed by atoms with Crippen LogP contribution in [0.25, 0.3) is 0 Å². The van der Waals surface area contributed by atoms with E-state index >= 15 is 0 Å². The quantitative estimate of drug-likeness (QED) is 0.446. The molecule has 2 aliphatic carbocycles. The summed E-state index contributed by atoms with van der Waals surface area (Å²) in [6.07, 6.45) is 10.8. The Bertz CT molecular complexity index is 76.0. The fourth-order valence-corrected chi connectivity index (χ4v) is 1.69. The third-order valence-electron chi connectivity index (χ3n) is 2.33. The monoisotopic (exact) mass is 108 g/mol. The van der Waals surface area contributed by atoms with E-state index in [2.05, 4.69) is 6.42 Å². The summed E-state index contributed by atoms with van der Waals surface area (Å²) in [5.41, 5.74) is 0. The van der Waals surface area contributed by atoms with Gasteiger partial charge in [-0.15, -0.1) is 0 Å². The van der Waals surface area contributed by atoms with Crippen LogP contribution in [0, 0.1) is 18.3 Å². The van der Waals surface area contributed by atoms with Crippen molar-refractivity contribution in [3.05, 3.63) is 6.42 Å². The zero-order valence-corrected chi connectivity index (χ0v) is 5.19. The van der Waals surface area contributed by atoms with Crippen LogP contribution in [0.15, 0.2) is 0 Å². The minimum atomic E-state index is 0.942. The summed E-state index contributed by atoms with van der Waals surface area (Å²) in [5, 5.41) is 0. The summed E-state index contributed by atoms with van der Waals surface area (Å²) in [6.45, 7) is 0. The minimum absolute atomic E-state index is 0.942. The Balaban J connectivity index is 1.89. The first kappa shape index (κ1) is 4.84. The van der Waals surface area contributed by atoms with Crippen molar-refractivity contribution in [2.24, 2.45) is 11.8 Å². The van der Waals surface area contributed by atoms with E-state index in [0.29, 0.717) is 0 Å². The highest BCUT2D eigenvalue weighted by Crippen LogP contribution is 2.46. The molecule has 44 valence electrons. The van der Waals surface area contributed by atoms with Crippen molar-refractivity contribution in [3.63, 3.8) is 0 Å². The molecule has 0 amide bonds. The Labute approximate surface area is 51.3 Å². The molecule has 0 spiro atoms. The smallest absolute Gasteiger partial charge is 0.00998 e. The Morgan fingerprint density at radius 3 is 2.12 bits per heavy atom. The topological polar surface area (TPSA) is 0 Å². The molecule has 0 aromatic carbocycles. The lowest BCUT2D eigenvalue weighted by Gasteiger charge is -1.90. The summed E-state index contributed by atoms with van der Waals surface area (Å²) in [6, 6.07) is 0. The van der Waals surface area contributed by atoms with Gasteiger partial charge >= 0.3 is 0 Å². The summed E-state index contributed by atoms with van der Waals surface area (Å²) >= 11 is 0. The molecule has 0 saturated heterocycles. The highest BCUT2D eigenvalue weighted by molar-refractivity contribution is 5.05. The molecule has 2 rings (SSSR count). The van der Waals surface area contributed by atoms with Crippen molar-refractivity contribution < 1.29 is 0 Å². The van der Waals surface area contributed by atoms with Gasteiger partial charge in [-0.05, 0) is 31.1 Å². The molecular weight excluding hydrogens is 96.1 g/mol. The summed E-state index contributed by atoms with van der Waals surface area (Å²) in [4.78, 5) is 0. The number of hydrogen-bond donors (Lipinski definition) is 0. The molecule has 2 atom stereocenters. The van der Waals surface area contributed by atoms with Crippen LogP contribution in [-0.4, -0.2) is 0 Å². The van der Waals surface area contributed by atoms with Crippen LogP contribution in [0.5, 0.6) is 0 Å². The predicted molar refractivity (Wildman–Crippen MR) is 33.3 cm³/mol. The SMILES string of the molecule is [C]1C2CCCCCC12. The molecule has 2 aliphatic rings. The molecule has 2 fully saturated rings. The van der Waals surface area contributed by atoms with Crippen LogP contribution in [-0.2, 0) is 0 Å². The summed E-state index contributed by atoms with van der Waals surface area (Å²) < 4.78 is 0. The van der Waals surface area contributed by atoms with Gasteiger partial charge < -0.3 is 0 Å². The Morgan fingerprint density at radius 2 is 1.50 bits per heavy atom. The largest absolute Gasteiger partial charge is 0.0533 e. The van der Waals surface area contributed by atoms with Crippen molar-refractivity contribution in [3.8, 4) is 0 Å². The van der Waals surface area contributed by atoms with E-state index in [1.165, 1.54) is 32.1 Å². The number of fused-ring (bicyclic) bond motifs is 1. The van der Waals surface area contributed by atoms with E-state index in [1.807, 2.05) is 0 Å². The average molecular weight is 108 g/mol. The maximum Gasteiger partial charge on any atom is -0.00998 e. The minimum Gasteiger partial charge on any atom is -0.0533 e. The van der Waals surface area contributed by atoms with Crippen LogP contribution < -0.4 is 0 Å². The maximum absolute atomic E-state index is 3.47. The second-order valence-electron chi connectivity index (χ2n) is 3.02. The van der Waals surface area contributed by atoms with Crippen molar-refractivity contribution >= 4 is 0 Å². The van der Waals surface area contributed by atoms with E-state index < -0.39 is 0 Å². The molecule has 2 radical (unpaired) electrons. The van der Waals surface area contributed by atoms with Gasteiger partial charge in [-0.3, -0.25) is 0 Å². The van der Waals surface area contributed by atoms with Crippen molar-refractivity contribution in [1.82, 2.24) is 0 Å². The zero-order valence-electron chi connectivity index (χ0n) is 5.19. The highest BCUT2D eigenvalue weighted by Gasteiger charge is 2.37. The fraction of sp³-hybridized carbons (Fsp3) is 0.875. The van der Waals surface area contributed by atoms with E-state index in [1.54, 1.807) is 0 Å². The van der Waals surface area contributed by atoms with Crippen LogP contribution in [0.4, 0.5) is 0 Å². The lowest BCUT2D eigenvalue weighted by Crippen LogP contribution is -1.74. The standard InChI is InChI=1S/C8H12/c1-2-4-7-6-8(7)5-3-1/h7-8H,1-5H2. The molecule has 2 unspecified atom stereocenters. The zero-order chi connectivity index (χ0) is 5.40. The molecule has 0 aromatic heterocycles. The first-order valence-electron chi connectivity index (χ1n) is 3.73. The second kappa shape index (κ2) is 1.75. The predicted octanol–water partition coefficient (Wildman–Crippen LogP) is 2.28. The van der Waals surface area contributed by atoms with E-state index in [9.17, 15) is 0 Å². The number of rotatable bonds is 0. The van der Waals surface area contributed by atoms with Gasteiger partial charge in [-0.2, -0.15) is 0 Å². The normalized spacial score (nSPS) is 45.0. The van der Waals surface area contributed by atoms with Gasteiger partial charge in [-0.1, -0.05) is 19.3 Å². The van der Waals surface area contributed by atoms with Crippen molar-refractivity contribution in [1.29, 1.82) is 0 Å². The number of hydrogen-bond acceptors (Lipinski definition) is 0. The van der Waals surface area contributed by atoms with Gasteiger partial charge in [-0.25, -0.2) is 0 Å². The van der Waals surface area contributed by atoms with Gasteiger partial charge in [0.25, 0.3) is 0 Å². The van der Waals surface area contributed by atoms with Crippen LogP contribution >= 0.6 is 0 Å². The molecular formula is C8H12. The van der Waals surface area contributed by atoms with Crippen LogP contribution in [0.2, 0.25) is 0 Å². The summed E-state index contributed by atoms with van der Waals surface area (Å²) in [7, 11) is 0. The highest BCUT2D eigenvalue weighted by atomic mass is 14.4. The molecule has 0 heteroatoms. The molecule has 0 bridgehead atoms. The Morgan fingerprint density at radius 1 is 0.875 bits per heavy atom. The van der Waals surface area contributed by atoms with Gasteiger partial charge in [0.15, 0.2) is 0 Å². The second-order valence-corrected chi connectivity index (χ2v) is 3.02. The van der Waals surface area contributed by atoms with Gasteiger partial charge in [0, 0.05) is 0 Å². The van der Waals surface area contributed by atoms with Crippen molar-refractivity contribution in [2.45, 2.75) is 32.1 Å². The first-order chi connectivity index (χ1) is 3.97. The van der Waals surface area contributed by atoms with Crippen LogP contribution in [0.3, 0.4) is 0 Å². The van der Waals surface area contributed by atoms with E-state index in [-0.39, 0.29) is 0 Å². The van der Waals surface area contributed by atoms with E-state index in [0.717, 1.165) is 11.8 Å². The fourth-order valence-electron chi connectivity index (χ4n) is 1.69. The van der Waals surface area contributed by atoms with Gasteiger partial charge in [0.05, 0.1) is 0 Å². The molecule has 0 heterocycles. The van der Waals surface area contributed by atoms with Gasteiger partial charge in [0.2, 0.25) is 0 Å². The average Bonchev–Trinajstić information content (AvgIpc) is 2.36. The first-order valence-corrected chi connectivity index (χ1v) is 3.73. The van der Waals surface area contributed by atoms with Gasteiger partial charge in [0.1, 0.15) is 0 Å². The third kappa shape index (κ3) is 0.765. The van der Waals surface area contributed by atoms with Crippen LogP contribution in [0.1, 0.15) is 32.1 Å². The Kier molecular flexibility index (Phi) is 1.06. The molecule has 0 aliphatic heterocycles. The summed E-state index contributed by atoms with van der Waals surface area (Å²) in [5.74, 6) is 1.88. The van der Waals surface area contributed by atoms with Crippen molar-refractivity contribution in [2.75, 3.05) is 0 Å². The lowest BCUT2D eigenvalue weighted by molar-refractivity contribution is 0.663. The molecule has 0 nitrogen and oxygen atoms in total. The molecule has 0 N–H and O–H groups in total. The lowest BCUT2D eigenvalue weighted by atomic mass is 10.2. The third-order valence-corrected chi connectivity index (χ3v) is 2.33. The molecule has 8 heavy (non-hydrogen) atoms. The molecule has 0 aromatic rings.